The Morgan fingerprint density at radius 1 is 0.971 bits per heavy atom. The molecule has 4 rings (SSSR count). The average Bonchev–Trinajstić information content (AvgIpc) is 3.29. The number of likely N-dealkylation sites (tertiary alicyclic amines) is 1. The zero-order chi connectivity index (χ0) is 24.3. The minimum absolute atomic E-state index is 0.0617. The highest BCUT2D eigenvalue weighted by Crippen LogP contribution is 2.22. The zero-order valence-corrected chi connectivity index (χ0v) is 20.0. The van der Waals surface area contributed by atoms with E-state index in [0.29, 0.717) is 62.8 Å². The van der Waals surface area contributed by atoms with Gasteiger partial charge in [-0.2, -0.15) is 0 Å². The van der Waals surface area contributed by atoms with Gasteiger partial charge in [0, 0.05) is 50.4 Å². The molecule has 2 aliphatic heterocycles. The minimum Gasteiger partial charge on any atom is -0.508 e. The van der Waals surface area contributed by atoms with Crippen LogP contribution in [0.15, 0.2) is 53.4 Å². The maximum absolute atomic E-state index is 12.8. The maximum Gasteiger partial charge on any atom is 0.236 e. The first kappa shape index (κ1) is 24.0. The first-order valence-electron chi connectivity index (χ1n) is 11.3. The SMILES string of the molecule is CS(=O)(=O)c1ccc(N2CCN(C(=O)CN3CC[C@@H](C(=O)Nc4ccc(O)cc4)C3)CC2)cc1. The molecule has 9 nitrogen and oxygen atoms in total. The van der Waals surface area contributed by atoms with Crippen molar-refractivity contribution in [3.8, 4) is 5.75 Å². The van der Waals surface area contributed by atoms with Crippen LogP contribution in [0, 0.1) is 5.92 Å². The summed E-state index contributed by atoms with van der Waals surface area (Å²) in [6, 6.07) is 13.2. The molecular weight excluding hydrogens is 456 g/mol. The van der Waals surface area contributed by atoms with Gasteiger partial charge in [-0.25, -0.2) is 8.42 Å². The molecule has 2 aromatic carbocycles. The van der Waals surface area contributed by atoms with Crippen molar-refractivity contribution >= 4 is 33.0 Å². The lowest BCUT2D eigenvalue weighted by atomic mass is 10.1. The van der Waals surface area contributed by atoms with Gasteiger partial charge in [0.2, 0.25) is 11.8 Å². The summed E-state index contributed by atoms with van der Waals surface area (Å²) in [7, 11) is -3.22. The molecule has 182 valence electrons. The second-order valence-corrected chi connectivity index (χ2v) is 10.9. The van der Waals surface area contributed by atoms with E-state index in [1.165, 1.54) is 18.4 Å². The highest BCUT2D eigenvalue weighted by atomic mass is 32.2. The number of phenolic OH excluding ortho intramolecular Hbond substituents is 1. The molecule has 0 spiro atoms. The smallest absolute Gasteiger partial charge is 0.236 e. The molecule has 2 saturated heterocycles. The van der Waals surface area contributed by atoms with Crippen molar-refractivity contribution in [3.05, 3.63) is 48.5 Å². The van der Waals surface area contributed by atoms with Gasteiger partial charge >= 0.3 is 0 Å². The number of sulfone groups is 1. The number of piperazine rings is 1. The average molecular weight is 487 g/mol. The molecule has 0 radical (unpaired) electrons. The molecule has 2 amide bonds. The van der Waals surface area contributed by atoms with Crippen molar-refractivity contribution in [2.45, 2.75) is 11.3 Å². The van der Waals surface area contributed by atoms with Gasteiger partial charge in [-0.3, -0.25) is 14.5 Å². The Bertz CT molecular complexity index is 1130. The second kappa shape index (κ2) is 10.0. The van der Waals surface area contributed by atoms with E-state index >= 15 is 0 Å². The Kier molecular flexibility index (Phi) is 7.08. The molecule has 0 aromatic heterocycles. The number of aromatic hydroxyl groups is 1. The van der Waals surface area contributed by atoms with Gasteiger partial charge in [0.05, 0.1) is 17.4 Å². The molecule has 2 heterocycles. The van der Waals surface area contributed by atoms with Crippen molar-refractivity contribution in [3.63, 3.8) is 0 Å². The highest BCUT2D eigenvalue weighted by molar-refractivity contribution is 7.90. The van der Waals surface area contributed by atoms with Crippen molar-refractivity contribution in [2.24, 2.45) is 5.92 Å². The van der Waals surface area contributed by atoms with E-state index in [0.717, 1.165) is 5.69 Å². The van der Waals surface area contributed by atoms with Crippen LogP contribution in [0.4, 0.5) is 11.4 Å². The minimum atomic E-state index is -3.22. The number of hydrogen-bond acceptors (Lipinski definition) is 7. The fraction of sp³-hybridized carbons (Fsp3) is 0.417. The third-order valence-corrected chi connectivity index (χ3v) is 7.53. The number of carbonyl (C=O) groups is 2. The molecule has 2 aliphatic rings. The summed E-state index contributed by atoms with van der Waals surface area (Å²) in [5.74, 6) is -0.0367. The lowest BCUT2D eigenvalue weighted by Crippen LogP contribution is -2.51. The summed E-state index contributed by atoms with van der Waals surface area (Å²) in [4.78, 5) is 31.7. The molecule has 2 aromatic rings. The Morgan fingerprint density at radius 2 is 1.62 bits per heavy atom. The zero-order valence-electron chi connectivity index (χ0n) is 19.2. The van der Waals surface area contributed by atoms with E-state index in [4.69, 9.17) is 0 Å². The molecule has 0 unspecified atom stereocenters. The van der Waals surface area contributed by atoms with Crippen LogP contribution in [0.5, 0.6) is 5.75 Å². The summed E-state index contributed by atoms with van der Waals surface area (Å²) < 4.78 is 23.3. The van der Waals surface area contributed by atoms with Gasteiger partial charge < -0.3 is 20.2 Å². The van der Waals surface area contributed by atoms with Crippen LogP contribution >= 0.6 is 0 Å². The summed E-state index contributed by atoms with van der Waals surface area (Å²) in [6.07, 6.45) is 1.89. The van der Waals surface area contributed by atoms with Crippen LogP contribution in [0.25, 0.3) is 0 Å². The number of phenols is 1. The fourth-order valence-electron chi connectivity index (χ4n) is 4.39. The van der Waals surface area contributed by atoms with Gasteiger partial charge in [-0.05, 0) is 61.5 Å². The van der Waals surface area contributed by atoms with E-state index in [1.54, 1.807) is 36.4 Å². The van der Waals surface area contributed by atoms with Crippen molar-refractivity contribution < 1.29 is 23.1 Å². The lowest BCUT2D eigenvalue weighted by molar-refractivity contribution is -0.132. The predicted molar refractivity (Wildman–Crippen MR) is 130 cm³/mol. The number of anilines is 2. The predicted octanol–water partition coefficient (Wildman–Crippen LogP) is 1.40. The van der Waals surface area contributed by atoms with Crippen LogP contribution in [0.3, 0.4) is 0 Å². The number of amides is 2. The Morgan fingerprint density at radius 3 is 2.24 bits per heavy atom. The highest BCUT2D eigenvalue weighted by Gasteiger charge is 2.31. The first-order valence-corrected chi connectivity index (χ1v) is 13.2. The Hall–Kier alpha value is -3.11. The van der Waals surface area contributed by atoms with E-state index in [1.807, 2.05) is 9.80 Å². The summed E-state index contributed by atoms with van der Waals surface area (Å²) in [5.41, 5.74) is 1.59. The molecule has 0 saturated carbocycles. The van der Waals surface area contributed by atoms with Crippen LogP contribution < -0.4 is 10.2 Å². The number of nitrogens with one attached hydrogen (secondary N) is 1. The lowest BCUT2D eigenvalue weighted by Gasteiger charge is -2.36. The molecule has 0 bridgehead atoms. The van der Waals surface area contributed by atoms with Crippen LogP contribution in [-0.4, -0.2) is 87.2 Å². The summed E-state index contributed by atoms with van der Waals surface area (Å²) >= 11 is 0. The van der Waals surface area contributed by atoms with E-state index in [2.05, 4.69) is 10.2 Å². The van der Waals surface area contributed by atoms with Crippen molar-refractivity contribution in [2.75, 3.05) is 62.3 Å². The molecule has 10 heteroatoms. The van der Waals surface area contributed by atoms with Crippen LogP contribution in [0.1, 0.15) is 6.42 Å². The van der Waals surface area contributed by atoms with Gasteiger partial charge in [0.1, 0.15) is 5.75 Å². The molecule has 2 fully saturated rings. The van der Waals surface area contributed by atoms with E-state index in [-0.39, 0.29) is 23.5 Å². The van der Waals surface area contributed by atoms with Gasteiger partial charge in [-0.1, -0.05) is 0 Å². The molecule has 2 N–H and O–H groups in total. The number of hydrogen-bond donors (Lipinski definition) is 2. The number of nitrogens with zero attached hydrogens (tertiary/aromatic N) is 3. The standard InChI is InChI=1S/C24H30N4O5S/c1-34(32,33)22-8-4-20(5-9-22)27-12-14-28(15-13-27)23(30)17-26-11-10-18(16-26)24(31)25-19-2-6-21(29)7-3-19/h2-9,18,29H,10-17H2,1H3,(H,25,31)/t18-/m1/s1. The Balaban J connectivity index is 1.23. The largest absolute Gasteiger partial charge is 0.508 e. The first-order chi connectivity index (χ1) is 16.2. The summed E-state index contributed by atoms with van der Waals surface area (Å²) in [6.45, 7) is 4.11. The number of benzene rings is 2. The maximum atomic E-state index is 12.8. The van der Waals surface area contributed by atoms with Crippen molar-refractivity contribution in [1.29, 1.82) is 0 Å². The van der Waals surface area contributed by atoms with Gasteiger partial charge in [-0.15, -0.1) is 0 Å². The van der Waals surface area contributed by atoms with Crippen molar-refractivity contribution in [1.82, 2.24) is 9.80 Å². The van der Waals surface area contributed by atoms with Gasteiger partial charge in [0.25, 0.3) is 0 Å². The normalized spacial score (nSPS) is 19.3. The topological polar surface area (TPSA) is 110 Å². The number of carbonyl (C=O) groups excluding carboxylic acids is 2. The Labute approximate surface area is 199 Å². The number of rotatable bonds is 6. The molecule has 34 heavy (non-hydrogen) atoms. The van der Waals surface area contributed by atoms with E-state index in [9.17, 15) is 23.1 Å². The third-order valence-electron chi connectivity index (χ3n) is 6.40. The molecule has 1 atom stereocenters. The monoisotopic (exact) mass is 486 g/mol. The third kappa shape index (κ3) is 5.87. The van der Waals surface area contributed by atoms with E-state index < -0.39 is 9.84 Å². The van der Waals surface area contributed by atoms with Crippen LogP contribution in [-0.2, 0) is 19.4 Å². The molecule has 0 aliphatic carbocycles. The molecular formula is C24H30N4O5S. The quantitative estimate of drug-likeness (QED) is 0.594. The second-order valence-electron chi connectivity index (χ2n) is 8.89. The van der Waals surface area contributed by atoms with Crippen LogP contribution in [0.2, 0.25) is 0 Å². The van der Waals surface area contributed by atoms with Gasteiger partial charge in [0.15, 0.2) is 9.84 Å². The fourth-order valence-corrected chi connectivity index (χ4v) is 5.02. The summed E-state index contributed by atoms with van der Waals surface area (Å²) in [5, 5.41) is 12.2.